The van der Waals surface area contributed by atoms with Gasteiger partial charge in [0.1, 0.15) is 5.82 Å². The third-order valence-electron chi connectivity index (χ3n) is 2.53. The highest BCUT2D eigenvalue weighted by Gasteiger charge is 2.18. The molecule has 108 valence electrons. The smallest absolute Gasteiger partial charge is 0.240 e. The van der Waals surface area contributed by atoms with Crippen LogP contribution in [0.1, 0.15) is 12.5 Å². The van der Waals surface area contributed by atoms with Gasteiger partial charge in [-0.3, -0.25) is 4.21 Å². The van der Waals surface area contributed by atoms with Crippen molar-refractivity contribution in [2.75, 3.05) is 23.8 Å². The summed E-state index contributed by atoms with van der Waals surface area (Å²) in [5, 5.41) is 0. The molecule has 0 saturated heterocycles. The highest BCUT2D eigenvalue weighted by atomic mass is 32.2. The van der Waals surface area contributed by atoms with Crippen LogP contribution < -0.4 is 10.5 Å². The monoisotopic (exact) mass is 308 g/mol. The van der Waals surface area contributed by atoms with Gasteiger partial charge in [0, 0.05) is 28.9 Å². The van der Waals surface area contributed by atoms with Gasteiger partial charge in [-0.25, -0.2) is 17.5 Å². The molecule has 0 aliphatic heterocycles. The molecule has 1 unspecified atom stereocenters. The van der Waals surface area contributed by atoms with E-state index in [1.54, 1.807) is 6.92 Å². The molecule has 0 spiro atoms. The Morgan fingerprint density at radius 3 is 2.63 bits per heavy atom. The fourth-order valence-electron chi connectivity index (χ4n) is 1.47. The van der Waals surface area contributed by atoms with Crippen LogP contribution in [0.15, 0.2) is 17.0 Å². The van der Waals surface area contributed by atoms with Crippen molar-refractivity contribution in [2.24, 2.45) is 0 Å². The van der Waals surface area contributed by atoms with Crippen LogP contribution in [0.25, 0.3) is 0 Å². The van der Waals surface area contributed by atoms with Crippen LogP contribution in [0, 0.1) is 12.7 Å². The van der Waals surface area contributed by atoms with Crippen LogP contribution in [0.2, 0.25) is 0 Å². The summed E-state index contributed by atoms with van der Waals surface area (Å²) in [5.74, 6) is 0.0685. The second kappa shape index (κ2) is 6.44. The predicted molar refractivity (Wildman–Crippen MR) is 74.3 cm³/mol. The third-order valence-corrected chi connectivity index (χ3v) is 5.43. The first-order valence-corrected chi connectivity index (χ1v) is 8.65. The minimum atomic E-state index is -3.77. The molecule has 0 amide bonds. The third kappa shape index (κ3) is 4.26. The molecule has 3 N–H and O–H groups in total. The number of sulfonamides is 1. The number of aryl methyl sites for hydroxylation is 1. The summed E-state index contributed by atoms with van der Waals surface area (Å²) in [6, 6.07) is 2.16. The van der Waals surface area contributed by atoms with Crippen LogP contribution in [0.5, 0.6) is 0 Å². The van der Waals surface area contributed by atoms with Gasteiger partial charge < -0.3 is 5.73 Å². The van der Waals surface area contributed by atoms with Crippen LogP contribution >= 0.6 is 0 Å². The Kier molecular flexibility index (Phi) is 5.45. The Labute approximate surface area is 114 Å². The summed E-state index contributed by atoms with van der Waals surface area (Å²) in [5.41, 5.74) is 5.42. The van der Waals surface area contributed by atoms with Crippen LogP contribution in [0.4, 0.5) is 10.1 Å². The van der Waals surface area contributed by atoms with Crippen molar-refractivity contribution in [3.63, 3.8) is 0 Å². The topological polar surface area (TPSA) is 89.3 Å². The largest absolute Gasteiger partial charge is 0.396 e. The van der Waals surface area contributed by atoms with Crippen molar-refractivity contribution >= 4 is 26.5 Å². The second-order valence-electron chi connectivity index (χ2n) is 3.97. The molecule has 1 rings (SSSR count). The zero-order valence-corrected chi connectivity index (χ0v) is 12.4. The van der Waals surface area contributed by atoms with Crippen molar-refractivity contribution in [3.8, 4) is 0 Å². The van der Waals surface area contributed by atoms with Gasteiger partial charge in [0.05, 0.1) is 10.6 Å². The molecular formula is C11H17FN2O3S2. The molecule has 0 bridgehead atoms. The normalized spacial score (nSPS) is 13.4. The molecule has 0 heterocycles. The lowest BCUT2D eigenvalue weighted by Gasteiger charge is -2.10. The zero-order valence-electron chi connectivity index (χ0n) is 10.8. The van der Waals surface area contributed by atoms with Gasteiger partial charge in [-0.2, -0.15) is 0 Å². The van der Waals surface area contributed by atoms with Gasteiger partial charge in [0.25, 0.3) is 0 Å². The van der Waals surface area contributed by atoms with E-state index in [0.29, 0.717) is 5.75 Å². The average molecular weight is 308 g/mol. The molecule has 0 aliphatic rings. The number of hydrogen-bond acceptors (Lipinski definition) is 4. The van der Waals surface area contributed by atoms with E-state index in [2.05, 4.69) is 4.72 Å². The molecule has 0 radical (unpaired) electrons. The summed E-state index contributed by atoms with van der Waals surface area (Å²) < 4.78 is 50.7. The molecule has 1 aromatic rings. The maximum Gasteiger partial charge on any atom is 0.240 e. The quantitative estimate of drug-likeness (QED) is 0.759. The molecule has 0 aliphatic carbocycles. The van der Waals surface area contributed by atoms with Gasteiger partial charge in [0.15, 0.2) is 0 Å². The van der Waals surface area contributed by atoms with Gasteiger partial charge in [-0.15, -0.1) is 0 Å². The highest BCUT2D eigenvalue weighted by Crippen LogP contribution is 2.21. The molecule has 1 aromatic carbocycles. The van der Waals surface area contributed by atoms with Gasteiger partial charge >= 0.3 is 0 Å². The highest BCUT2D eigenvalue weighted by molar-refractivity contribution is 7.89. The number of anilines is 1. The van der Waals surface area contributed by atoms with Crippen molar-refractivity contribution in [1.29, 1.82) is 0 Å². The molecular weight excluding hydrogens is 291 g/mol. The lowest BCUT2D eigenvalue weighted by Crippen LogP contribution is -2.28. The second-order valence-corrected chi connectivity index (χ2v) is 7.57. The Balaban J connectivity index is 2.89. The number of hydrogen-bond donors (Lipinski definition) is 2. The number of rotatable bonds is 6. The Morgan fingerprint density at radius 2 is 2.05 bits per heavy atom. The Hall–Kier alpha value is -0.990. The maximum atomic E-state index is 13.2. The molecule has 8 heteroatoms. The number of halogens is 1. The van der Waals surface area contributed by atoms with E-state index in [0.717, 1.165) is 12.1 Å². The van der Waals surface area contributed by atoms with Crippen LogP contribution in [-0.2, 0) is 20.8 Å². The van der Waals surface area contributed by atoms with E-state index >= 15 is 0 Å². The lowest BCUT2D eigenvalue weighted by molar-refractivity contribution is 0.582. The number of nitrogens with two attached hydrogens (primary N) is 1. The Bertz CT molecular complexity index is 588. The SMILES string of the molecule is CCS(=O)CCNS(=O)(=O)c1cc(N)c(F)cc1C. The van der Waals surface area contributed by atoms with E-state index < -0.39 is 26.6 Å². The average Bonchev–Trinajstić information content (AvgIpc) is 2.33. The van der Waals surface area contributed by atoms with Crippen molar-refractivity contribution < 1.29 is 17.0 Å². The summed E-state index contributed by atoms with van der Waals surface area (Å²) >= 11 is 0. The first kappa shape index (κ1) is 16.1. The number of nitrogen functional groups attached to an aromatic ring is 1. The van der Waals surface area contributed by atoms with Gasteiger partial charge in [-0.05, 0) is 24.6 Å². The van der Waals surface area contributed by atoms with E-state index in [1.165, 1.54) is 6.92 Å². The zero-order chi connectivity index (χ0) is 14.6. The number of benzene rings is 1. The fourth-order valence-corrected chi connectivity index (χ4v) is 3.51. The number of nitrogens with one attached hydrogen (secondary N) is 1. The van der Waals surface area contributed by atoms with E-state index in [-0.39, 0.29) is 28.4 Å². The predicted octanol–water partition coefficient (Wildman–Crippen LogP) is 0.763. The van der Waals surface area contributed by atoms with E-state index in [4.69, 9.17) is 5.73 Å². The molecule has 0 saturated carbocycles. The molecule has 0 fully saturated rings. The first-order chi connectivity index (χ1) is 8.77. The minimum Gasteiger partial charge on any atom is -0.396 e. The molecule has 1 atom stereocenters. The first-order valence-electron chi connectivity index (χ1n) is 5.68. The van der Waals surface area contributed by atoms with Crippen LogP contribution in [0.3, 0.4) is 0 Å². The minimum absolute atomic E-state index is 0.0614. The van der Waals surface area contributed by atoms with Gasteiger partial charge in [0.2, 0.25) is 10.0 Å². The summed E-state index contributed by atoms with van der Waals surface area (Å²) in [6.45, 7) is 3.32. The van der Waals surface area contributed by atoms with E-state index in [1.807, 2.05) is 0 Å². The van der Waals surface area contributed by atoms with Crippen molar-refractivity contribution in [3.05, 3.63) is 23.5 Å². The standard InChI is InChI=1S/C11H17FN2O3S2/c1-3-18(15)5-4-14-19(16,17)11-7-10(13)9(12)6-8(11)2/h6-7,14H,3-5,13H2,1-2H3. The fraction of sp³-hybridized carbons (Fsp3) is 0.455. The maximum absolute atomic E-state index is 13.2. The van der Waals surface area contributed by atoms with Crippen molar-refractivity contribution in [1.82, 2.24) is 4.72 Å². The Morgan fingerprint density at radius 1 is 1.42 bits per heavy atom. The summed E-state index contributed by atoms with van der Waals surface area (Å²) in [6.07, 6.45) is 0. The summed E-state index contributed by atoms with van der Waals surface area (Å²) in [7, 11) is -4.81. The van der Waals surface area contributed by atoms with E-state index in [9.17, 15) is 17.0 Å². The van der Waals surface area contributed by atoms with Crippen LogP contribution in [-0.4, -0.2) is 30.7 Å². The summed E-state index contributed by atoms with van der Waals surface area (Å²) in [4.78, 5) is -0.0614. The molecule has 0 aromatic heterocycles. The van der Waals surface area contributed by atoms with Gasteiger partial charge in [-0.1, -0.05) is 6.92 Å². The lowest BCUT2D eigenvalue weighted by atomic mass is 10.2. The van der Waals surface area contributed by atoms with Crippen molar-refractivity contribution in [2.45, 2.75) is 18.7 Å². The molecule has 5 nitrogen and oxygen atoms in total. The molecule has 19 heavy (non-hydrogen) atoms.